The number of para-hydroxylation sites is 1. The first kappa shape index (κ1) is 12.5. The number of rotatable bonds is 3. The van der Waals surface area contributed by atoms with Gasteiger partial charge in [-0.15, -0.1) is 11.6 Å². The minimum Gasteiger partial charge on any atom is -0.464 e. The van der Waals surface area contributed by atoms with E-state index >= 15 is 0 Å². The van der Waals surface area contributed by atoms with Crippen LogP contribution in [0.5, 0.6) is 0 Å². The number of benzene rings is 1. The normalized spacial score (nSPS) is 20.7. The first-order valence-corrected chi connectivity index (χ1v) is 6.49. The number of cyclic esters (lactones) is 1. The molecule has 2 atom stereocenters. The number of hydrogen-bond acceptors (Lipinski definition) is 3. The molecule has 1 aliphatic rings. The van der Waals surface area contributed by atoms with Crippen LogP contribution in [0.1, 0.15) is 18.9 Å². The molecule has 0 spiro atoms. The van der Waals surface area contributed by atoms with Crippen molar-refractivity contribution in [3.63, 3.8) is 0 Å². The maximum atomic E-state index is 12.3. The largest absolute Gasteiger partial charge is 0.464 e. The number of amides is 1. The molecule has 0 bridgehead atoms. The van der Waals surface area contributed by atoms with Crippen LogP contribution in [0.15, 0.2) is 18.2 Å². The minimum absolute atomic E-state index is 0.281. The summed E-state index contributed by atoms with van der Waals surface area (Å²) in [4.78, 5) is 25.4. The molecule has 1 amide bonds. The third-order valence-corrected chi connectivity index (χ3v) is 3.42. The highest BCUT2D eigenvalue weighted by molar-refractivity contribution is 6.30. The molecule has 0 radical (unpaired) electrons. The molecule has 1 aromatic carbocycles. The fourth-order valence-electron chi connectivity index (χ4n) is 2.38. The highest BCUT2D eigenvalue weighted by atomic mass is 35.5. The first-order chi connectivity index (χ1) is 9.43. The number of alkyl halides is 1. The van der Waals surface area contributed by atoms with Crippen LogP contribution >= 0.6 is 11.6 Å². The van der Waals surface area contributed by atoms with E-state index in [0.717, 1.165) is 11.1 Å². The van der Waals surface area contributed by atoms with Crippen molar-refractivity contribution in [2.75, 3.05) is 17.4 Å². The Balaban J connectivity index is 2.51. The zero-order valence-corrected chi connectivity index (χ0v) is 11.6. The lowest BCUT2D eigenvalue weighted by molar-refractivity contribution is -0.140. The van der Waals surface area contributed by atoms with Gasteiger partial charge < -0.3 is 4.74 Å². The lowest BCUT2D eigenvalue weighted by Gasteiger charge is -2.28. The average Bonchev–Trinajstić information content (AvgIpc) is 2.79. The molecule has 102 valence electrons. The number of carbonyl (C=O) groups excluding carboxylic acids is 2. The Labute approximate surface area is 118 Å². The lowest BCUT2D eigenvalue weighted by Crippen LogP contribution is -2.44. The summed E-state index contributed by atoms with van der Waals surface area (Å²) in [5, 5.41) is 0. The van der Waals surface area contributed by atoms with Gasteiger partial charge in [-0.2, -0.15) is 0 Å². The maximum Gasteiger partial charge on any atom is 0.329 e. The summed E-state index contributed by atoms with van der Waals surface area (Å²) in [6.07, 6.45) is 0.419. The fourth-order valence-corrected chi connectivity index (χ4v) is 2.48. The van der Waals surface area contributed by atoms with Gasteiger partial charge in [0.2, 0.25) is 5.91 Å². The quantitative estimate of drug-likeness (QED) is 0.631. The lowest BCUT2D eigenvalue weighted by atomic mass is 10.0. The second-order valence-corrected chi connectivity index (χ2v) is 4.75. The van der Waals surface area contributed by atoms with E-state index in [9.17, 15) is 9.59 Å². The standard InChI is InChI=1S/C14H16ClNO3/c1-9-4-3-5-10(2)13(9)16(12(17)8-15)11-6-7-19-14(11)18/h3-5,11H,6-8H2,1-2H3/t11-/m0/s1/i8D/t8?,11-. The molecule has 2 rings (SSSR count). The van der Waals surface area contributed by atoms with Crippen molar-refractivity contribution in [3.8, 4) is 0 Å². The van der Waals surface area contributed by atoms with Crippen molar-refractivity contribution in [3.05, 3.63) is 29.3 Å². The molecule has 1 unspecified atom stereocenters. The van der Waals surface area contributed by atoms with Gasteiger partial charge in [0.05, 0.1) is 13.7 Å². The fraction of sp³-hybridized carbons (Fsp3) is 0.429. The molecule has 4 nitrogen and oxygen atoms in total. The van der Waals surface area contributed by atoms with Gasteiger partial charge in [0.15, 0.2) is 0 Å². The Morgan fingerprint density at radius 1 is 1.53 bits per heavy atom. The van der Waals surface area contributed by atoms with E-state index in [0.29, 0.717) is 12.1 Å². The van der Waals surface area contributed by atoms with Crippen molar-refractivity contribution < 1.29 is 15.7 Å². The molecule has 1 heterocycles. The molecule has 0 aliphatic carbocycles. The second kappa shape index (κ2) is 5.61. The van der Waals surface area contributed by atoms with Crippen LogP contribution in [0.4, 0.5) is 5.69 Å². The predicted molar refractivity (Wildman–Crippen MR) is 73.5 cm³/mol. The van der Waals surface area contributed by atoms with Gasteiger partial charge >= 0.3 is 5.97 Å². The monoisotopic (exact) mass is 282 g/mol. The molecule has 1 aromatic rings. The summed E-state index contributed by atoms with van der Waals surface area (Å²) in [5.74, 6) is -2.49. The average molecular weight is 283 g/mol. The van der Waals surface area contributed by atoms with Crippen LogP contribution in [0.25, 0.3) is 0 Å². The Hall–Kier alpha value is -1.55. The van der Waals surface area contributed by atoms with Gasteiger partial charge in [0.1, 0.15) is 11.9 Å². The Bertz CT molecular complexity index is 527. The molecule has 0 saturated carbocycles. The van der Waals surface area contributed by atoms with Gasteiger partial charge in [-0.25, -0.2) is 4.79 Å². The molecule has 19 heavy (non-hydrogen) atoms. The van der Waals surface area contributed by atoms with Gasteiger partial charge in [0, 0.05) is 6.42 Å². The highest BCUT2D eigenvalue weighted by Gasteiger charge is 2.37. The SMILES string of the molecule is [2H]C(Cl)C(=O)N(c1c(C)cccc1C)[C@H]1CCOC1=O. The van der Waals surface area contributed by atoms with E-state index in [1.54, 1.807) is 0 Å². The summed E-state index contributed by atoms with van der Waals surface area (Å²) in [7, 11) is 0. The van der Waals surface area contributed by atoms with Crippen molar-refractivity contribution in [2.45, 2.75) is 26.3 Å². The van der Waals surface area contributed by atoms with E-state index < -0.39 is 23.8 Å². The summed E-state index contributed by atoms with van der Waals surface area (Å²) in [6, 6.07) is 4.89. The van der Waals surface area contributed by atoms with Crippen molar-refractivity contribution in [2.24, 2.45) is 0 Å². The number of ether oxygens (including phenoxy) is 1. The minimum atomic E-state index is -1.44. The van der Waals surface area contributed by atoms with Gasteiger partial charge in [-0.05, 0) is 25.0 Å². The van der Waals surface area contributed by atoms with Crippen molar-refractivity contribution in [1.82, 2.24) is 0 Å². The van der Waals surface area contributed by atoms with Crippen LogP contribution in [0, 0.1) is 13.8 Å². The molecular weight excluding hydrogens is 266 g/mol. The number of nitrogens with zero attached hydrogens (tertiary/aromatic N) is 1. The predicted octanol–water partition coefficient (Wildman–Crippen LogP) is 2.19. The van der Waals surface area contributed by atoms with Gasteiger partial charge in [0.25, 0.3) is 0 Å². The summed E-state index contributed by atoms with van der Waals surface area (Å²) in [6.45, 7) is 4.00. The van der Waals surface area contributed by atoms with Crippen molar-refractivity contribution >= 4 is 29.2 Å². The van der Waals surface area contributed by atoms with E-state index in [-0.39, 0.29) is 6.61 Å². The van der Waals surface area contributed by atoms with E-state index in [2.05, 4.69) is 0 Å². The molecular formula is C14H16ClNO3. The third-order valence-electron chi connectivity index (χ3n) is 3.23. The number of esters is 1. The molecule has 0 aromatic heterocycles. The molecule has 1 saturated heterocycles. The summed E-state index contributed by atoms with van der Waals surface area (Å²) >= 11 is 5.63. The molecule has 1 fully saturated rings. The number of aryl methyl sites for hydroxylation is 2. The van der Waals surface area contributed by atoms with Gasteiger partial charge in [-0.3, -0.25) is 9.69 Å². The van der Waals surface area contributed by atoms with E-state index in [1.165, 1.54) is 4.90 Å². The zero-order valence-electron chi connectivity index (χ0n) is 11.9. The van der Waals surface area contributed by atoms with Gasteiger partial charge in [-0.1, -0.05) is 18.2 Å². The third kappa shape index (κ3) is 2.59. The highest BCUT2D eigenvalue weighted by Crippen LogP contribution is 2.29. The number of carbonyl (C=O) groups is 2. The zero-order chi connectivity index (χ0) is 14.9. The summed E-state index contributed by atoms with van der Waals surface area (Å²) in [5.41, 5.74) is 2.35. The number of anilines is 1. The number of halogens is 1. The van der Waals surface area contributed by atoms with Crippen LogP contribution in [0.3, 0.4) is 0 Å². The van der Waals surface area contributed by atoms with Crippen LogP contribution < -0.4 is 4.90 Å². The Morgan fingerprint density at radius 2 is 2.16 bits per heavy atom. The smallest absolute Gasteiger partial charge is 0.329 e. The topological polar surface area (TPSA) is 46.6 Å². The molecule has 0 N–H and O–H groups in total. The Kier molecular flexibility index (Phi) is 3.69. The molecule has 1 aliphatic heterocycles. The van der Waals surface area contributed by atoms with Crippen LogP contribution in [-0.4, -0.2) is 30.4 Å². The number of hydrogen-bond donors (Lipinski definition) is 0. The van der Waals surface area contributed by atoms with E-state index in [4.69, 9.17) is 17.7 Å². The second-order valence-electron chi connectivity index (χ2n) is 4.53. The first-order valence-electron chi connectivity index (χ1n) is 6.63. The Morgan fingerprint density at radius 3 is 2.63 bits per heavy atom. The molecule has 5 heteroatoms. The maximum absolute atomic E-state index is 12.3. The van der Waals surface area contributed by atoms with Crippen LogP contribution in [-0.2, 0) is 14.3 Å². The van der Waals surface area contributed by atoms with Crippen LogP contribution in [0.2, 0.25) is 0 Å². The summed E-state index contributed by atoms with van der Waals surface area (Å²) < 4.78 is 12.4. The van der Waals surface area contributed by atoms with E-state index in [1.807, 2.05) is 32.0 Å². The van der Waals surface area contributed by atoms with Crippen molar-refractivity contribution in [1.29, 1.82) is 0 Å².